The van der Waals surface area contributed by atoms with E-state index in [1.807, 2.05) is 28.7 Å². The Morgan fingerprint density at radius 1 is 1.27 bits per heavy atom. The molecule has 0 heterocycles. The van der Waals surface area contributed by atoms with Gasteiger partial charge < -0.3 is 0 Å². The second kappa shape index (κ2) is 3.10. The standard InChI is InChI=1S/C7H7IO2S/c1-11(9,10)7-5-3-2-4-6(7)8/h2-5H,1H3. The number of rotatable bonds is 1. The third-order valence-corrected chi connectivity index (χ3v) is 3.70. The minimum absolute atomic E-state index is 0.403. The molecule has 1 aromatic carbocycles. The molecule has 60 valence electrons. The van der Waals surface area contributed by atoms with Crippen LogP contribution in [0, 0.1) is 3.57 Å². The van der Waals surface area contributed by atoms with Gasteiger partial charge in [0.2, 0.25) is 0 Å². The Balaban J connectivity index is 3.37. The monoisotopic (exact) mass is 282 g/mol. The van der Waals surface area contributed by atoms with Gasteiger partial charge in [0.05, 0.1) is 4.90 Å². The van der Waals surface area contributed by atoms with Crippen molar-refractivity contribution in [3.8, 4) is 0 Å². The zero-order valence-electron chi connectivity index (χ0n) is 5.91. The predicted molar refractivity (Wildman–Crippen MR) is 52.3 cm³/mol. The second-order valence-corrected chi connectivity index (χ2v) is 5.35. The zero-order chi connectivity index (χ0) is 8.48. The lowest BCUT2D eigenvalue weighted by Gasteiger charge is -1.98. The van der Waals surface area contributed by atoms with Gasteiger partial charge >= 0.3 is 0 Å². The van der Waals surface area contributed by atoms with Crippen LogP contribution in [-0.4, -0.2) is 14.7 Å². The summed E-state index contributed by atoms with van der Waals surface area (Å²) in [7, 11) is -3.04. The molecular weight excluding hydrogens is 275 g/mol. The van der Waals surface area contributed by atoms with E-state index in [4.69, 9.17) is 0 Å². The van der Waals surface area contributed by atoms with Crippen molar-refractivity contribution < 1.29 is 8.42 Å². The van der Waals surface area contributed by atoms with E-state index in [2.05, 4.69) is 0 Å². The summed E-state index contributed by atoms with van der Waals surface area (Å²) in [5, 5.41) is 0. The molecule has 0 spiro atoms. The van der Waals surface area contributed by atoms with Crippen molar-refractivity contribution in [3.05, 3.63) is 27.8 Å². The molecule has 0 aliphatic rings. The maximum Gasteiger partial charge on any atom is 0.176 e. The van der Waals surface area contributed by atoms with Crippen molar-refractivity contribution in [2.75, 3.05) is 6.26 Å². The number of hydrogen-bond donors (Lipinski definition) is 0. The van der Waals surface area contributed by atoms with Gasteiger partial charge in [-0.1, -0.05) is 12.1 Å². The summed E-state index contributed by atoms with van der Waals surface area (Å²) in [6.07, 6.45) is 1.21. The third kappa shape index (κ3) is 2.16. The molecule has 11 heavy (non-hydrogen) atoms. The average molecular weight is 282 g/mol. The summed E-state index contributed by atoms with van der Waals surface area (Å²) in [6, 6.07) is 6.92. The van der Waals surface area contributed by atoms with Crippen LogP contribution in [0.4, 0.5) is 0 Å². The van der Waals surface area contributed by atoms with Crippen LogP contribution in [0.3, 0.4) is 0 Å². The Kier molecular flexibility index (Phi) is 2.54. The van der Waals surface area contributed by atoms with Gasteiger partial charge in [0.15, 0.2) is 9.84 Å². The van der Waals surface area contributed by atoms with Crippen LogP contribution in [0.15, 0.2) is 29.2 Å². The highest BCUT2D eigenvalue weighted by molar-refractivity contribution is 14.1. The van der Waals surface area contributed by atoms with E-state index in [0.717, 1.165) is 3.57 Å². The zero-order valence-corrected chi connectivity index (χ0v) is 8.89. The van der Waals surface area contributed by atoms with Gasteiger partial charge in [0.25, 0.3) is 0 Å². The van der Waals surface area contributed by atoms with Crippen molar-refractivity contribution in [3.63, 3.8) is 0 Å². The van der Waals surface area contributed by atoms with Gasteiger partial charge in [-0.3, -0.25) is 0 Å². The molecule has 0 fully saturated rings. The fourth-order valence-corrected chi connectivity index (χ4v) is 3.08. The SMILES string of the molecule is CS(=O)(=O)c1ccccc1I. The lowest BCUT2D eigenvalue weighted by molar-refractivity contribution is 0.601. The average Bonchev–Trinajstić information content (AvgIpc) is 1.86. The molecule has 0 unspecified atom stereocenters. The maximum atomic E-state index is 11.0. The third-order valence-electron chi connectivity index (χ3n) is 1.24. The minimum Gasteiger partial charge on any atom is -0.224 e. The Morgan fingerprint density at radius 3 is 2.18 bits per heavy atom. The van der Waals surface area contributed by atoms with Gasteiger partial charge in [0.1, 0.15) is 0 Å². The normalized spacial score (nSPS) is 11.5. The van der Waals surface area contributed by atoms with Gasteiger partial charge in [-0.2, -0.15) is 0 Å². The second-order valence-electron chi connectivity index (χ2n) is 2.20. The molecule has 0 atom stereocenters. The fourth-order valence-electron chi connectivity index (χ4n) is 0.745. The van der Waals surface area contributed by atoms with Crippen LogP contribution < -0.4 is 0 Å². The Labute approximate surface area is 79.7 Å². The first kappa shape index (κ1) is 8.99. The number of benzene rings is 1. The molecule has 2 nitrogen and oxygen atoms in total. The summed E-state index contributed by atoms with van der Waals surface area (Å²) in [5.41, 5.74) is 0. The van der Waals surface area contributed by atoms with E-state index in [0.29, 0.717) is 4.90 Å². The van der Waals surface area contributed by atoms with E-state index >= 15 is 0 Å². The maximum absolute atomic E-state index is 11.0. The quantitative estimate of drug-likeness (QED) is 0.735. The number of hydrogen-bond acceptors (Lipinski definition) is 2. The molecular formula is C7H7IO2S. The summed E-state index contributed by atoms with van der Waals surface area (Å²) in [6.45, 7) is 0. The summed E-state index contributed by atoms with van der Waals surface area (Å²) in [5.74, 6) is 0. The highest BCUT2D eigenvalue weighted by atomic mass is 127. The van der Waals surface area contributed by atoms with E-state index in [9.17, 15) is 8.42 Å². The van der Waals surface area contributed by atoms with Crippen LogP contribution >= 0.6 is 22.6 Å². The van der Waals surface area contributed by atoms with Crippen LogP contribution in [0.1, 0.15) is 0 Å². The molecule has 0 radical (unpaired) electrons. The lowest BCUT2D eigenvalue weighted by atomic mass is 10.4. The first-order valence-electron chi connectivity index (χ1n) is 2.96. The Hall–Kier alpha value is -0.100. The topological polar surface area (TPSA) is 34.1 Å². The van der Waals surface area contributed by atoms with Crippen molar-refractivity contribution in [1.82, 2.24) is 0 Å². The summed E-state index contributed by atoms with van der Waals surface area (Å²) in [4.78, 5) is 0.403. The smallest absolute Gasteiger partial charge is 0.176 e. The molecule has 0 amide bonds. The van der Waals surface area contributed by atoms with E-state index in [-0.39, 0.29) is 0 Å². The molecule has 0 saturated carbocycles. The van der Waals surface area contributed by atoms with E-state index < -0.39 is 9.84 Å². The largest absolute Gasteiger partial charge is 0.224 e. The fraction of sp³-hybridized carbons (Fsp3) is 0.143. The van der Waals surface area contributed by atoms with Crippen molar-refractivity contribution in [1.29, 1.82) is 0 Å². The van der Waals surface area contributed by atoms with Crippen LogP contribution in [-0.2, 0) is 9.84 Å². The number of halogens is 1. The van der Waals surface area contributed by atoms with E-state index in [1.165, 1.54) is 6.26 Å². The summed E-state index contributed by atoms with van der Waals surface area (Å²) >= 11 is 2.01. The van der Waals surface area contributed by atoms with Crippen molar-refractivity contribution >= 4 is 32.4 Å². The molecule has 0 aliphatic heterocycles. The summed E-state index contributed by atoms with van der Waals surface area (Å²) < 4.78 is 22.9. The molecule has 0 aliphatic carbocycles. The molecule has 1 rings (SSSR count). The minimum atomic E-state index is -3.04. The molecule has 0 N–H and O–H groups in total. The first-order valence-corrected chi connectivity index (χ1v) is 5.93. The Bertz CT molecular complexity index is 356. The molecule has 4 heteroatoms. The molecule has 0 saturated heterocycles. The van der Waals surface area contributed by atoms with E-state index in [1.54, 1.807) is 18.2 Å². The van der Waals surface area contributed by atoms with Crippen LogP contribution in [0.25, 0.3) is 0 Å². The van der Waals surface area contributed by atoms with Crippen molar-refractivity contribution in [2.45, 2.75) is 4.90 Å². The molecule has 0 bridgehead atoms. The lowest BCUT2D eigenvalue weighted by Crippen LogP contribution is -1.98. The molecule has 1 aromatic rings. The van der Waals surface area contributed by atoms with Gasteiger partial charge in [-0.15, -0.1) is 0 Å². The predicted octanol–water partition coefficient (Wildman–Crippen LogP) is 1.69. The van der Waals surface area contributed by atoms with Crippen LogP contribution in [0.2, 0.25) is 0 Å². The van der Waals surface area contributed by atoms with Gasteiger partial charge in [-0.25, -0.2) is 8.42 Å². The highest BCUT2D eigenvalue weighted by Gasteiger charge is 2.09. The van der Waals surface area contributed by atoms with Gasteiger partial charge in [-0.05, 0) is 34.7 Å². The highest BCUT2D eigenvalue weighted by Crippen LogP contribution is 2.16. The molecule has 0 aromatic heterocycles. The van der Waals surface area contributed by atoms with Crippen LogP contribution in [0.5, 0.6) is 0 Å². The Morgan fingerprint density at radius 2 is 1.82 bits per heavy atom. The van der Waals surface area contributed by atoms with Gasteiger partial charge in [0, 0.05) is 9.83 Å². The number of sulfone groups is 1. The first-order chi connectivity index (χ1) is 5.02. The van der Waals surface area contributed by atoms with Crippen molar-refractivity contribution in [2.24, 2.45) is 0 Å².